The number of rotatable bonds is 4. The van der Waals surface area contributed by atoms with Crippen LogP contribution in [0.15, 0.2) is 18.2 Å². The second-order valence-corrected chi connectivity index (χ2v) is 5.77. The largest absolute Gasteiger partial charge is 0.489 e. The molecule has 0 spiro atoms. The molecular weight excluding hydrogens is 244 g/mol. The van der Waals surface area contributed by atoms with Crippen molar-refractivity contribution in [2.24, 2.45) is 5.41 Å². The number of carboxylic acid groups (broad SMARTS) is 1. The van der Waals surface area contributed by atoms with Crippen LogP contribution in [-0.4, -0.2) is 24.3 Å². The Labute approximate surface area is 113 Å². The highest BCUT2D eigenvalue weighted by Gasteiger charge is 2.25. The summed E-state index contributed by atoms with van der Waals surface area (Å²) < 4.78 is 11.5. The highest BCUT2D eigenvalue weighted by Crippen LogP contribution is 2.34. The number of benzene rings is 1. The minimum atomic E-state index is -0.754. The number of aryl methyl sites for hydroxylation is 1. The molecule has 1 aliphatic heterocycles. The van der Waals surface area contributed by atoms with E-state index in [1.54, 1.807) is 0 Å². The van der Waals surface area contributed by atoms with Gasteiger partial charge in [-0.05, 0) is 30.5 Å². The lowest BCUT2D eigenvalue weighted by atomic mass is 9.97. The topological polar surface area (TPSA) is 55.8 Å². The van der Waals surface area contributed by atoms with Crippen molar-refractivity contribution in [1.82, 2.24) is 0 Å². The van der Waals surface area contributed by atoms with Crippen LogP contribution in [0.25, 0.3) is 0 Å². The van der Waals surface area contributed by atoms with Crippen molar-refractivity contribution in [2.45, 2.75) is 33.1 Å². The van der Waals surface area contributed by atoms with Gasteiger partial charge < -0.3 is 14.6 Å². The maximum absolute atomic E-state index is 10.5. The van der Waals surface area contributed by atoms with Gasteiger partial charge in [-0.2, -0.15) is 0 Å². The van der Waals surface area contributed by atoms with Gasteiger partial charge in [0.2, 0.25) is 0 Å². The summed E-state index contributed by atoms with van der Waals surface area (Å²) in [5.41, 5.74) is 1.09. The van der Waals surface area contributed by atoms with Gasteiger partial charge in [-0.3, -0.25) is 4.79 Å². The molecule has 0 bridgehead atoms. The molecule has 104 valence electrons. The normalized spacial score (nSPS) is 16.7. The number of fused-ring (bicyclic) bond motifs is 1. The Bertz CT molecular complexity index is 465. The molecule has 0 fully saturated rings. The lowest BCUT2D eigenvalue weighted by molar-refractivity contribution is -0.137. The molecule has 1 aliphatic rings. The van der Waals surface area contributed by atoms with E-state index in [2.05, 4.69) is 13.8 Å². The molecule has 0 amide bonds. The summed E-state index contributed by atoms with van der Waals surface area (Å²) in [5, 5.41) is 8.63. The van der Waals surface area contributed by atoms with Gasteiger partial charge in [-0.1, -0.05) is 19.9 Å². The third-order valence-electron chi connectivity index (χ3n) is 3.10. The molecule has 1 heterocycles. The van der Waals surface area contributed by atoms with Crippen molar-refractivity contribution in [3.8, 4) is 11.5 Å². The summed E-state index contributed by atoms with van der Waals surface area (Å²) >= 11 is 0. The Hall–Kier alpha value is -1.71. The quantitative estimate of drug-likeness (QED) is 0.908. The second-order valence-electron chi connectivity index (χ2n) is 5.77. The molecule has 0 saturated carbocycles. The monoisotopic (exact) mass is 264 g/mol. The standard InChI is InChI=1S/C15H20O4/c1-15(2)9-18-12-7-6-11(4-3-5-14(16)17)8-13(12)19-10-15/h6-8H,3-5,9-10H2,1-2H3,(H,16,17). The third-order valence-corrected chi connectivity index (χ3v) is 3.10. The molecule has 4 nitrogen and oxygen atoms in total. The summed E-state index contributed by atoms with van der Waals surface area (Å²) in [6, 6.07) is 5.84. The molecule has 1 N–H and O–H groups in total. The van der Waals surface area contributed by atoms with Crippen LogP contribution in [-0.2, 0) is 11.2 Å². The van der Waals surface area contributed by atoms with E-state index in [1.165, 1.54) is 0 Å². The smallest absolute Gasteiger partial charge is 0.303 e. The van der Waals surface area contributed by atoms with Crippen molar-refractivity contribution >= 4 is 5.97 Å². The molecule has 0 unspecified atom stereocenters. The third kappa shape index (κ3) is 3.88. The number of hydrogen-bond acceptors (Lipinski definition) is 3. The molecular formula is C15H20O4. The molecule has 0 saturated heterocycles. The van der Waals surface area contributed by atoms with Crippen molar-refractivity contribution in [2.75, 3.05) is 13.2 Å². The molecule has 0 aliphatic carbocycles. The first kappa shape index (κ1) is 13.7. The van der Waals surface area contributed by atoms with Gasteiger partial charge in [0.05, 0.1) is 13.2 Å². The van der Waals surface area contributed by atoms with Crippen molar-refractivity contribution in [1.29, 1.82) is 0 Å². The lowest BCUT2D eigenvalue weighted by Gasteiger charge is -2.19. The average Bonchev–Trinajstić information content (AvgIpc) is 2.48. The van der Waals surface area contributed by atoms with Crippen LogP contribution in [0.3, 0.4) is 0 Å². The summed E-state index contributed by atoms with van der Waals surface area (Å²) in [6.07, 6.45) is 1.58. The fraction of sp³-hybridized carbons (Fsp3) is 0.533. The Morgan fingerprint density at radius 2 is 1.95 bits per heavy atom. The van der Waals surface area contributed by atoms with Gasteiger partial charge in [0, 0.05) is 11.8 Å². The molecule has 0 aromatic heterocycles. The average molecular weight is 264 g/mol. The minimum absolute atomic E-state index is 0.00247. The summed E-state index contributed by atoms with van der Waals surface area (Å²) in [5.74, 6) is 0.780. The zero-order chi connectivity index (χ0) is 13.9. The van der Waals surface area contributed by atoms with E-state index in [1.807, 2.05) is 18.2 Å². The maximum Gasteiger partial charge on any atom is 0.303 e. The second kappa shape index (κ2) is 5.51. The fourth-order valence-electron chi connectivity index (χ4n) is 1.97. The maximum atomic E-state index is 10.5. The van der Waals surface area contributed by atoms with Crippen LogP contribution in [0.2, 0.25) is 0 Å². The highest BCUT2D eigenvalue weighted by atomic mass is 16.5. The molecule has 0 radical (unpaired) electrons. The molecule has 1 aromatic carbocycles. The predicted octanol–water partition coefficient (Wildman–Crippen LogP) is 2.89. The molecule has 4 heteroatoms. The Kier molecular flexibility index (Phi) is 3.98. The number of carbonyl (C=O) groups is 1. The van der Waals surface area contributed by atoms with Gasteiger partial charge in [0.15, 0.2) is 11.5 Å². The van der Waals surface area contributed by atoms with Crippen molar-refractivity contribution in [3.63, 3.8) is 0 Å². The first-order valence-electron chi connectivity index (χ1n) is 6.57. The van der Waals surface area contributed by atoms with E-state index < -0.39 is 5.97 Å². The Balaban J connectivity index is 2.03. The Morgan fingerprint density at radius 3 is 2.63 bits per heavy atom. The van der Waals surface area contributed by atoms with E-state index in [0.29, 0.717) is 19.6 Å². The molecule has 2 rings (SSSR count). The lowest BCUT2D eigenvalue weighted by Crippen LogP contribution is -2.26. The van der Waals surface area contributed by atoms with Crippen molar-refractivity contribution < 1.29 is 19.4 Å². The summed E-state index contributed by atoms with van der Waals surface area (Å²) in [6.45, 7) is 5.47. The number of aliphatic carboxylic acids is 1. The van der Waals surface area contributed by atoms with Crippen LogP contribution >= 0.6 is 0 Å². The SMILES string of the molecule is CC1(C)COc2ccc(CCCC(=O)O)cc2OC1. The van der Waals surface area contributed by atoms with Gasteiger partial charge in [-0.15, -0.1) is 0 Å². The van der Waals surface area contributed by atoms with Crippen LogP contribution in [0.4, 0.5) is 0 Å². The van der Waals surface area contributed by atoms with Crippen LogP contribution in [0.1, 0.15) is 32.3 Å². The van der Waals surface area contributed by atoms with Gasteiger partial charge in [0.25, 0.3) is 0 Å². The van der Waals surface area contributed by atoms with Crippen LogP contribution < -0.4 is 9.47 Å². The van der Waals surface area contributed by atoms with Gasteiger partial charge >= 0.3 is 5.97 Å². The van der Waals surface area contributed by atoms with Gasteiger partial charge in [0.1, 0.15) is 0 Å². The van der Waals surface area contributed by atoms with Gasteiger partial charge in [-0.25, -0.2) is 0 Å². The predicted molar refractivity (Wildman–Crippen MR) is 71.8 cm³/mol. The van der Waals surface area contributed by atoms with E-state index in [0.717, 1.165) is 23.5 Å². The van der Waals surface area contributed by atoms with E-state index in [4.69, 9.17) is 14.6 Å². The van der Waals surface area contributed by atoms with Crippen LogP contribution in [0, 0.1) is 5.41 Å². The zero-order valence-corrected chi connectivity index (χ0v) is 11.4. The first-order valence-corrected chi connectivity index (χ1v) is 6.57. The van der Waals surface area contributed by atoms with Crippen LogP contribution in [0.5, 0.6) is 11.5 Å². The number of hydrogen-bond donors (Lipinski definition) is 1. The first-order chi connectivity index (χ1) is 8.96. The number of ether oxygens (including phenoxy) is 2. The summed E-state index contributed by atoms with van der Waals surface area (Å²) in [4.78, 5) is 10.5. The molecule has 1 aromatic rings. The van der Waals surface area contributed by atoms with E-state index >= 15 is 0 Å². The minimum Gasteiger partial charge on any atom is -0.489 e. The zero-order valence-electron chi connectivity index (χ0n) is 11.4. The van der Waals surface area contributed by atoms with E-state index in [9.17, 15) is 4.79 Å². The Morgan fingerprint density at radius 1 is 1.26 bits per heavy atom. The fourth-order valence-corrected chi connectivity index (χ4v) is 1.97. The highest BCUT2D eigenvalue weighted by molar-refractivity contribution is 5.66. The van der Waals surface area contributed by atoms with Crippen molar-refractivity contribution in [3.05, 3.63) is 23.8 Å². The summed E-state index contributed by atoms with van der Waals surface area (Å²) in [7, 11) is 0. The number of carboxylic acids is 1. The van der Waals surface area contributed by atoms with E-state index in [-0.39, 0.29) is 11.8 Å². The molecule has 0 atom stereocenters. The molecule has 19 heavy (non-hydrogen) atoms.